The van der Waals surface area contributed by atoms with Crippen molar-refractivity contribution >= 4 is 5.97 Å². The molecule has 0 atom stereocenters. The summed E-state index contributed by atoms with van der Waals surface area (Å²) in [7, 11) is 1.91. The molecule has 17 heavy (non-hydrogen) atoms. The molecule has 0 unspecified atom stereocenters. The molecule has 1 rings (SSSR count). The molecule has 0 saturated carbocycles. The van der Waals surface area contributed by atoms with Crippen molar-refractivity contribution in [3.8, 4) is 0 Å². The van der Waals surface area contributed by atoms with Gasteiger partial charge in [0.15, 0.2) is 0 Å². The topological polar surface area (TPSA) is 56.2 Å². The van der Waals surface area contributed by atoms with Crippen LogP contribution in [0.1, 0.15) is 26.5 Å². The molecule has 0 aliphatic heterocycles. The van der Waals surface area contributed by atoms with Crippen molar-refractivity contribution < 1.29 is 9.53 Å². The predicted molar refractivity (Wildman–Crippen MR) is 65.6 cm³/mol. The van der Waals surface area contributed by atoms with Gasteiger partial charge < -0.3 is 10.1 Å². The lowest BCUT2D eigenvalue weighted by Gasteiger charge is -2.19. The van der Waals surface area contributed by atoms with Gasteiger partial charge in [0.25, 0.3) is 0 Å². The Morgan fingerprint density at radius 3 is 2.76 bits per heavy atom. The number of hydrogen-bond donors (Lipinski definition) is 1. The number of hydrogen-bond acceptors (Lipinski definition) is 4. The largest absolute Gasteiger partial charge is 0.459 e. The number of esters is 1. The molecule has 1 N–H and O–H groups in total. The molecule has 5 heteroatoms. The smallest absolute Gasteiger partial charge is 0.320 e. The molecule has 0 radical (unpaired) electrons. The fourth-order valence-corrected chi connectivity index (χ4v) is 1.43. The lowest BCUT2D eigenvalue weighted by atomic mass is 10.2. The number of ether oxygens (including phenoxy) is 1. The Labute approximate surface area is 102 Å². The number of nitrogens with one attached hydrogen (secondary N) is 1. The first-order valence-electron chi connectivity index (χ1n) is 5.78. The normalized spacial score (nSPS) is 11.5. The molecule has 0 aliphatic rings. The van der Waals surface area contributed by atoms with Crippen LogP contribution in [0.3, 0.4) is 0 Å². The first-order valence-corrected chi connectivity index (χ1v) is 5.78. The number of rotatable bonds is 5. The van der Waals surface area contributed by atoms with Gasteiger partial charge in [-0.3, -0.25) is 9.48 Å². The van der Waals surface area contributed by atoms with Crippen LogP contribution in [-0.4, -0.2) is 34.4 Å². The number of nitrogens with zero attached hydrogens (tertiary/aromatic N) is 2. The second kappa shape index (κ2) is 5.82. The SMILES string of the molecule is Cn1nccc1CCNCC(=O)OC(C)(C)C. The van der Waals surface area contributed by atoms with Gasteiger partial charge in [-0.15, -0.1) is 0 Å². The minimum absolute atomic E-state index is 0.220. The van der Waals surface area contributed by atoms with Crippen molar-refractivity contribution in [2.75, 3.05) is 13.1 Å². The standard InChI is InChI=1S/C12H21N3O2/c1-12(2,3)17-11(16)9-13-7-5-10-6-8-14-15(10)4/h6,8,13H,5,7,9H2,1-4H3. The second-order valence-corrected chi connectivity index (χ2v) is 4.96. The minimum atomic E-state index is -0.416. The fourth-order valence-electron chi connectivity index (χ4n) is 1.43. The zero-order valence-corrected chi connectivity index (χ0v) is 11.0. The highest BCUT2D eigenvalue weighted by atomic mass is 16.6. The number of carbonyl (C=O) groups excluding carboxylic acids is 1. The van der Waals surface area contributed by atoms with Gasteiger partial charge in [-0.2, -0.15) is 5.10 Å². The van der Waals surface area contributed by atoms with E-state index in [-0.39, 0.29) is 12.5 Å². The Bertz CT molecular complexity index is 366. The van der Waals surface area contributed by atoms with Crippen molar-refractivity contribution in [2.24, 2.45) is 7.05 Å². The number of carbonyl (C=O) groups is 1. The molecule has 96 valence electrons. The summed E-state index contributed by atoms with van der Waals surface area (Å²) in [5.74, 6) is -0.220. The summed E-state index contributed by atoms with van der Waals surface area (Å²) in [5, 5.41) is 7.13. The number of aromatic nitrogens is 2. The summed E-state index contributed by atoms with van der Waals surface area (Å²) in [6.07, 6.45) is 2.61. The Balaban J connectivity index is 2.17. The molecule has 1 heterocycles. The van der Waals surface area contributed by atoms with Gasteiger partial charge in [-0.25, -0.2) is 0 Å². The van der Waals surface area contributed by atoms with Crippen LogP contribution in [-0.2, 0) is 23.0 Å². The molecular weight excluding hydrogens is 218 g/mol. The maximum Gasteiger partial charge on any atom is 0.320 e. The average Bonchev–Trinajstić information content (AvgIpc) is 2.56. The molecule has 0 fully saturated rings. The quantitative estimate of drug-likeness (QED) is 0.612. The van der Waals surface area contributed by atoms with Gasteiger partial charge >= 0.3 is 5.97 Å². The van der Waals surface area contributed by atoms with E-state index in [1.165, 1.54) is 0 Å². The Hall–Kier alpha value is -1.36. The molecule has 0 bridgehead atoms. The third kappa shape index (κ3) is 5.49. The van der Waals surface area contributed by atoms with E-state index < -0.39 is 5.60 Å². The summed E-state index contributed by atoms with van der Waals surface area (Å²) in [6, 6.07) is 1.97. The van der Waals surface area contributed by atoms with Crippen LogP contribution in [0.2, 0.25) is 0 Å². The minimum Gasteiger partial charge on any atom is -0.459 e. The van der Waals surface area contributed by atoms with Crippen molar-refractivity contribution in [2.45, 2.75) is 32.8 Å². The van der Waals surface area contributed by atoms with Crippen molar-refractivity contribution in [1.29, 1.82) is 0 Å². The van der Waals surface area contributed by atoms with Crippen LogP contribution in [0.5, 0.6) is 0 Å². The van der Waals surface area contributed by atoms with Crippen LogP contribution < -0.4 is 5.32 Å². The maximum absolute atomic E-state index is 11.4. The molecular formula is C12H21N3O2. The maximum atomic E-state index is 11.4. The van der Waals surface area contributed by atoms with E-state index in [4.69, 9.17) is 4.74 Å². The van der Waals surface area contributed by atoms with Gasteiger partial charge in [-0.05, 0) is 26.8 Å². The average molecular weight is 239 g/mol. The van der Waals surface area contributed by atoms with E-state index in [0.29, 0.717) is 0 Å². The molecule has 1 aromatic heterocycles. The van der Waals surface area contributed by atoms with Gasteiger partial charge in [-0.1, -0.05) is 0 Å². The van der Waals surface area contributed by atoms with Crippen LogP contribution >= 0.6 is 0 Å². The number of aryl methyl sites for hydroxylation is 1. The lowest BCUT2D eigenvalue weighted by Crippen LogP contribution is -2.32. The predicted octanol–water partition coefficient (Wildman–Crippen LogP) is 0.894. The van der Waals surface area contributed by atoms with Crippen LogP contribution in [0.25, 0.3) is 0 Å². The molecule has 0 saturated heterocycles. The van der Waals surface area contributed by atoms with E-state index in [2.05, 4.69) is 10.4 Å². The van der Waals surface area contributed by atoms with Gasteiger partial charge in [0.05, 0.1) is 6.54 Å². The molecule has 5 nitrogen and oxygen atoms in total. The van der Waals surface area contributed by atoms with Crippen molar-refractivity contribution in [3.05, 3.63) is 18.0 Å². The molecule has 0 spiro atoms. The van der Waals surface area contributed by atoms with E-state index >= 15 is 0 Å². The monoisotopic (exact) mass is 239 g/mol. The van der Waals surface area contributed by atoms with E-state index in [1.807, 2.05) is 38.6 Å². The molecule has 0 aromatic carbocycles. The Morgan fingerprint density at radius 2 is 2.24 bits per heavy atom. The highest BCUT2D eigenvalue weighted by Gasteiger charge is 2.15. The zero-order valence-electron chi connectivity index (χ0n) is 11.0. The third-order valence-electron chi connectivity index (χ3n) is 2.17. The lowest BCUT2D eigenvalue weighted by molar-refractivity contribution is -0.153. The Kier molecular flexibility index (Phi) is 4.69. The highest BCUT2D eigenvalue weighted by Crippen LogP contribution is 2.06. The van der Waals surface area contributed by atoms with Gasteiger partial charge in [0.2, 0.25) is 0 Å². The summed E-state index contributed by atoms with van der Waals surface area (Å²) >= 11 is 0. The van der Waals surface area contributed by atoms with Gasteiger partial charge in [0.1, 0.15) is 5.60 Å². The summed E-state index contributed by atoms with van der Waals surface area (Å²) in [5.41, 5.74) is 0.725. The van der Waals surface area contributed by atoms with E-state index in [0.717, 1.165) is 18.7 Å². The second-order valence-electron chi connectivity index (χ2n) is 4.96. The van der Waals surface area contributed by atoms with Crippen molar-refractivity contribution in [1.82, 2.24) is 15.1 Å². The van der Waals surface area contributed by atoms with E-state index in [9.17, 15) is 4.79 Å². The summed E-state index contributed by atoms with van der Waals surface area (Å²) < 4.78 is 7.01. The van der Waals surface area contributed by atoms with E-state index in [1.54, 1.807) is 6.20 Å². The van der Waals surface area contributed by atoms with Crippen LogP contribution in [0.4, 0.5) is 0 Å². The third-order valence-corrected chi connectivity index (χ3v) is 2.17. The van der Waals surface area contributed by atoms with Crippen LogP contribution in [0.15, 0.2) is 12.3 Å². The Morgan fingerprint density at radius 1 is 1.53 bits per heavy atom. The van der Waals surface area contributed by atoms with Crippen molar-refractivity contribution in [3.63, 3.8) is 0 Å². The molecule has 0 aliphatic carbocycles. The molecule has 1 aromatic rings. The van der Waals surface area contributed by atoms with Crippen LogP contribution in [0, 0.1) is 0 Å². The zero-order chi connectivity index (χ0) is 12.9. The summed E-state index contributed by atoms with van der Waals surface area (Å²) in [6.45, 7) is 6.56. The molecule has 0 amide bonds. The highest BCUT2D eigenvalue weighted by molar-refractivity contribution is 5.72. The fraction of sp³-hybridized carbons (Fsp3) is 0.667. The van der Waals surface area contributed by atoms with Gasteiger partial charge in [0, 0.05) is 31.9 Å². The first kappa shape index (κ1) is 13.7. The first-order chi connectivity index (χ1) is 7.88. The summed E-state index contributed by atoms with van der Waals surface area (Å²) in [4.78, 5) is 11.4.